The van der Waals surface area contributed by atoms with Gasteiger partial charge >= 0.3 is 0 Å². The van der Waals surface area contributed by atoms with E-state index in [0.29, 0.717) is 48.1 Å². The van der Waals surface area contributed by atoms with E-state index >= 15 is 0 Å². The number of terminal acetylenes is 1. The largest absolute Gasteiger partial charge is 0.486 e. The van der Waals surface area contributed by atoms with E-state index in [2.05, 4.69) is 31.4 Å². The average molecular weight is 512 g/mol. The zero-order valence-electron chi connectivity index (χ0n) is 20.9. The number of morpholine rings is 1. The molecule has 9 heteroatoms. The Morgan fingerprint density at radius 2 is 2.21 bits per heavy atom. The summed E-state index contributed by atoms with van der Waals surface area (Å²) in [7, 11) is 0. The van der Waals surface area contributed by atoms with Crippen molar-refractivity contribution in [3.63, 3.8) is 0 Å². The standard InChI is InChI=1S/C29H29N5O4/c1-2-19-5-3-6-20(11-19)32-29-24-13-26(27(14-25(24)30-18-31-29)38-22-8-10-36-17-22)33-28(35)7-4-9-34-15-23-12-21(34)16-37-23/h1,3-7,11,13-14,18,21-23H,8-10,12,15-17H2,(H,33,35)(H,30,31,32)/b7-4+/t21-,22-,23-/m0/s1. The summed E-state index contributed by atoms with van der Waals surface area (Å²) in [6.45, 7) is 3.58. The summed E-state index contributed by atoms with van der Waals surface area (Å²) in [6.07, 6.45) is 12.6. The van der Waals surface area contributed by atoms with Gasteiger partial charge in [0, 0.05) is 54.3 Å². The average Bonchev–Trinajstić information content (AvgIpc) is 3.69. The van der Waals surface area contributed by atoms with E-state index in [-0.39, 0.29) is 12.0 Å². The van der Waals surface area contributed by atoms with E-state index in [0.717, 1.165) is 49.2 Å². The Kier molecular flexibility index (Phi) is 6.92. The van der Waals surface area contributed by atoms with Gasteiger partial charge in [-0.1, -0.05) is 18.1 Å². The number of anilines is 3. The first kappa shape index (κ1) is 24.4. The molecule has 1 amide bonds. The van der Waals surface area contributed by atoms with Crippen molar-refractivity contribution < 1.29 is 19.0 Å². The number of carbonyl (C=O) groups excluding carboxylic acids is 1. The number of benzene rings is 2. The minimum Gasteiger partial charge on any atom is -0.486 e. The second-order valence-corrected chi connectivity index (χ2v) is 9.73. The summed E-state index contributed by atoms with van der Waals surface area (Å²) >= 11 is 0. The van der Waals surface area contributed by atoms with Crippen LogP contribution in [0, 0.1) is 12.3 Å². The Morgan fingerprint density at radius 3 is 3.00 bits per heavy atom. The third kappa shape index (κ3) is 5.34. The van der Waals surface area contributed by atoms with Crippen LogP contribution < -0.4 is 15.4 Å². The van der Waals surface area contributed by atoms with Gasteiger partial charge in [-0.3, -0.25) is 9.69 Å². The topological polar surface area (TPSA) is 97.8 Å². The quantitative estimate of drug-likeness (QED) is 0.351. The molecule has 0 spiro atoms. The lowest BCUT2D eigenvalue weighted by Gasteiger charge is -2.25. The maximum absolute atomic E-state index is 12.9. The Balaban J connectivity index is 1.25. The third-order valence-electron chi connectivity index (χ3n) is 7.09. The molecular weight excluding hydrogens is 482 g/mol. The number of nitrogens with one attached hydrogen (secondary N) is 2. The van der Waals surface area contributed by atoms with Crippen LogP contribution in [-0.4, -0.2) is 71.9 Å². The van der Waals surface area contributed by atoms with Gasteiger partial charge in [-0.25, -0.2) is 9.97 Å². The zero-order chi connectivity index (χ0) is 25.9. The van der Waals surface area contributed by atoms with Crippen molar-refractivity contribution >= 4 is 34.0 Å². The Bertz CT molecular complexity index is 1410. The van der Waals surface area contributed by atoms with E-state index in [4.69, 9.17) is 20.6 Å². The summed E-state index contributed by atoms with van der Waals surface area (Å²) in [5.41, 5.74) is 2.79. The number of hydrogen-bond acceptors (Lipinski definition) is 8. The Hall–Kier alpha value is -3.97. The van der Waals surface area contributed by atoms with E-state index in [1.165, 1.54) is 6.33 Å². The van der Waals surface area contributed by atoms with Gasteiger partial charge < -0.3 is 24.8 Å². The molecule has 3 saturated heterocycles. The van der Waals surface area contributed by atoms with Crippen LogP contribution in [0.25, 0.3) is 10.9 Å². The summed E-state index contributed by atoms with van der Waals surface area (Å²) in [6, 6.07) is 11.7. The molecule has 3 fully saturated rings. The number of nitrogens with zero attached hydrogens (tertiary/aromatic N) is 3. The van der Waals surface area contributed by atoms with Crippen molar-refractivity contribution in [2.24, 2.45) is 0 Å². The molecule has 6 rings (SSSR count). The molecule has 9 nitrogen and oxygen atoms in total. The lowest BCUT2D eigenvalue weighted by molar-refractivity contribution is -0.111. The SMILES string of the molecule is C#Cc1cccc(Nc2ncnc3cc(O[C@H]4CCOC4)c(NC(=O)/C=C/CN4C[C@@H]5C[C@H]4CO5)cc23)c1. The molecule has 3 aromatic rings. The zero-order valence-corrected chi connectivity index (χ0v) is 20.9. The van der Waals surface area contributed by atoms with E-state index in [9.17, 15) is 4.79 Å². The van der Waals surface area contributed by atoms with Gasteiger partial charge in [0.15, 0.2) is 0 Å². The van der Waals surface area contributed by atoms with Gasteiger partial charge in [0.25, 0.3) is 0 Å². The highest BCUT2D eigenvalue weighted by Gasteiger charge is 2.38. The summed E-state index contributed by atoms with van der Waals surface area (Å²) in [5, 5.41) is 7.06. The van der Waals surface area contributed by atoms with Gasteiger partial charge in [0.2, 0.25) is 5.91 Å². The predicted molar refractivity (Wildman–Crippen MR) is 145 cm³/mol. The predicted octanol–water partition coefficient (Wildman–Crippen LogP) is 3.49. The normalized spacial score (nSPS) is 22.7. The molecular formula is C29H29N5O4. The number of fused-ring (bicyclic) bond motifs is 3. The Morgan fingerprint density at radius 1 is 1.26 bits per heavy atom. The van der Waals surface area contributed by atoms with Crippen molar-refractivity contribution in [3.8, 4) is 18.1 Å². The molecule has 0 unspecified atom stereocenters. The molecule has 0 radical (unpaired) electrons. The molecule has 0 saturated carbocycles. The van der Waals surface area contributed by atoms with Gasteiger partial charge in [0.05, 0.1) is 37.1 Å². The first-order valence-corrected chi connectivity index (χ1v) is 12.8. The number of aromatic nitrogens is 2. The van der Waals surface area contributed by atoms with Crippen LogP contribution in [0.2, 0.25) is 0 Å². The van der Waals surface area contributed by atoms with Crippen LogP contribution in [0.15, 0.2) is 54.9 Å². The molecule has 2 aromatic carbocycles. The van der Waals surface area contributed by atoms with Gasteiger partial charge in [-0.2, -0.15) is 0 Å². The monoisotopic (exact) mass is 511 g/mol. The van der Waals surface area contributed by atoms with E-state index < -0.39 is 0 Å². The first-order chi connectivity index (χ1) is 18.6. The minimum atomic E-state index is -0.231. The van der Waals surface area contributed by atoms with Crippen molar-refractivity contribution in [2.45, 2.75) is 31.1 Å². The van der Waals surface area contributed by atoms with Gasteiger partial charge in [-0.05, 0) is 30.7 Å². The molecule has 2 bridgehead atoms. The number of ether oxygens (including phenoxy) is 3. The number of rotatable bonds is 8. The lowest BCUT2D eigenvalue weighted by atomic mass is 10.1. The van der Waals surface area contributed by atoms with Crippen LogP contribution in [0.5, 0.6) is 5.75 Å². The molecule has 194 valence electrons. The van der Waals surface area contributed by atoms with E-state index in [1.54, 1.807) is 6.08 Å². The highest BCUT2D eigenvalue weighted by Crippen LogP contribution is 2.35. The molecule has 38 heavy (non-hydrogen) atoms. The van der Waals surface area contributed by atoms with Crippen molar-refractivity contribution in [1.82, 2.24) is 14.9 Å². The van der Waals surface area contributed by atoms with Crippen molar-refractivity contribution in [2.75, 3.05) is 43.5 Å². The molecule has 0 aliphatic carbocycles. The van der Waals surface area contributed by atoms with Crippen molar-refractivity contribution in [3.05, 3.63) is 60.4 Å². The first-order valence-electron chi connectivity index (χ1n) is 12.8. The van der Waals surface area contributed by atoms with Gasteiger partial charge in [0.1, 0.15) is 24.0 Å². The number of carbonyl (C=O) groups is 1. The summed E-state index contributed by atoms with van der Waals surface area (Å²) < 4.78 is 17.4. The number of likely N-dealkylation sites (tertiary alicyclic amines) is 1. The molecule has 2 N–H and O–H groups in total. The molecule has 3 atom stereocenters. The van der Waals surface area contributed by atoms with Crippen LogP contribution in [0.1, 0.15) is 18.4 Å². The second-order valence-electron chi connectivity index (χ2n) is 9.73. The highest BCUT2D eigenvalue weighted by atomic mass is 16.5. The maximum atomic E-state index is 12.9. The molecule has 3 aliphatic rings. The number of amides is 1. The fraction of sp³-hybridized carbons (Fsp3) is 0.345. The van der Waals surface area contributed by atoms with Crippen LogP contribution in [-0.2, 0) is 14.3 Å². The third-order valence-corrected chi connectivity index (χ3v) is 7.09. The van der Waals surface area contributed by atoms with Crippen LogP contribution in [0.3, 0.4) is 0 Å². The van der Waals surface area contributed by atoms with Crippen LogP contribution >= 0.6 is 0 Å². The molecule has 1 aromatic heterocycles. The molecule has 3 aliphatic heterocycles. The fourth-order valence-corrected chi connectivity index (χ4v) is 5.16. The number of hydrogen-bond donors (Lipinski definition) is 2. The van der Waals surface area contributed by atoms with E-state index in [1.807, 2.05) is 42.5 Å². The summed E-state index contributed by atoms with van der Waals surface area (Å²) in [4.78, 5) is 24.2. The maximum Gasteiger partial charge on any atom is 0.248 e. The molecule has 4 heterocycles. The minimum absolute atomic E-state index is 0.0858. The van der Waals surface area contributed by atoms with Crippen LogP contribution in [0.4, 0.5) is 17.2 Å². The smallest absolute Gasteiger partial charge is 0.248 e. The lowest BCUT2D eigenvalue weighted by Crippen LogP contribution is -2.36. The second kappa shape index (κ2) is 10.8. The van der Waals surface area contributed by atoms with Gasteiger partial charge in [-0.15, -0.1) is 6.42 Å². The highest BCUT2D eigenvalue weighted by molar-refractivity contribution is 6.03. The fourth-order valence-electron chi connectivity index (χ4n) is 5.16. The summed E-state index contributed by atoms with van der Waals surface area (Å²) in [5.74, 6) is 3.55. The van der Waals surface area contributed by atoms with Crippen molar-refractivity contribution in [1.29, 1.82) is 0 Å². The Labute approximate surface area is 221 Å².